The molecule has 6 atom stereocenters. The summed E-state index contributed by atoms with van der Waals surface area (Å²) in [6.07, 6.45) is 3.86. The van der Waals surface area contributed by atoms with Crippen molar-refractivity contribution in [3.63, 3.8) is 0 Å². The van der Waals surface area contributed by atoms with E-state index >= 15 is 0 Å². The van der Waals surface area contributed by atoms with Crippen LogP contribution in [-0.4, -0.2) is 69.4 Å². The van der Waals surface area contributed by atoms with Gasteiger partial charge in [-0.15, -0.1) is 0 Å². The van der Waals surface area contributed by atoms with Gasteiger partial charge in [-0.1, -0.05) is 12.8 Å². The third kappa shape index (κ3) is 2.17. The Hall–Kier alpha value is -0.200. The SMILES string of the molecule is CN(C)CCC12CCCCC1CC1(O)CC(O)C(O)CC12O. The number of nitrogens with zero attached hydrogens (tertiary/aromatic N) is 1. The molecule has 0 aromatic heterocycles. The van der Waals surface area contributed by atoms with Gasteiger partial charge in [0.05, 0.1) is 17.8 Å². The first-order valence-corrected chi connectivity index (χ1v) is 8.70. The minimum absolute atomic E-state index is 0.0882. The van der Waals surface area contributed by atoms with Gasteiger partial charge in [0, 0.05) is 18.3 Å². The van der Waals surface area contributed by atoms with Crippen molar-refractivity contribution in [3.05, 3.63) is 0 Å². The van der Waals surface area contributed by atoms with Gasteiger partial charge in [-0.2, -0.15) is 0 Å². The lowest BCUT2D eigenvalue weighted by molar-refractivity contribution is -0.246. The molecule has 0 heterocycles. The molecular formula is C17H31NO4. The maximum absolute atomic E-state index is 11.6. The second-order valence-electron chi connectivity index (χ2n) is 8.29. The van der Waals surface area contributed by atoms with E-state index in [1.807, 2.05) is 14.1 Å². The molecule has 0 amide bonds. The number of aliphatic hydroxyl groups excluding tert-OH is 2. The predicted molar refractivity (Wildman–Crippen MR) is 83.3 cm³/mol. The van der Waals surface area contributed by atoms with Crippen LogP contribution in [0.25, 0.3) is 0 Å². The molecule has 0 saturated heterocycles. The van der Waals surface area contributed by atoms with Crippen molar-refractivity contribution < 1.29 is 20.4 Å². The maximum atomic E-state index is 11.6. The third-order valence-corrected chi connectivity index (χ3v) is 6.89. The summed E-state index contributed by atoms with van der Waals surface area (Å²) in [6.45, 7) is 0.869. The summed E-state index contributed by atoms with van der Waals surface area (Å²) in [4.78, 5) is 2.12. The van der Waals surface area contributed by atoms with E-state index in [-0.39, 0.29) is 24.2 Å². The smallest absolute Gasteiger partial charge is 0.102 e. The Labute approximate surface area is 132 Å². The number of aliphatic hydroxyl groups is 4. The van der Waals surface area contributed by atoms with Crippen molar-refractivity contribution in [3.8, 4) is 0 Å². The summed E-state index contributed by atoms with van der Waals surface area (Å²) in [7, 11) is 4.05. The summed E-state index contributed by atoms with van der Waals surface area (Å²) < 4.78 is 0. The second kappa shape index (κ2) is 5.42. The van der Waals surface area contributed by atoms with Crippen molar-refractivity contribution in [2.75, 3.05) is 20.6 Å². The van der Waals surface area contributed by atoms with Crippen LogP contribution >= 0.6 is 0 Å². The zero-order chi connectivity index (χ0) is 16.2. The van der Waals surface area contributed by atoms with Gasteiger partial charge in [0.2, 0.25) is 0 Å². The van der Waals surface area contributed by atoms with Crippen molar-refractivity contribution >= 4 is 0 Å². The normalized spacial score (nSPS) is 51.7. The molecule has 3 fully saturated rings. The molecule has 0 aromatic rings. The minimum atomic E-state index is -1.28. The van der Waals surface area contributed by atoms with Crippen LogP contribution in [0.15, 0.2) is 0 Å². The van der Waals surface area contributed by atoms with Crippen LogP contribution in [0.2, 0.25) is 0 Å². The van der Waals surface area contributed by atoms with E-state index < -0.39 is 23.4 Å². The molecule has 0 bridgehead atoms. The number of hydrogen-bond acceptors (Lipinski definition) is 5. The van der Waals surface area contributed by atoms with E-state index in [2.05, 4.69) is 4.90 Å². The van der Waals surface area contributed by atoms with Gasteiger partial charge in [-0.05, 0) is 52.2 Å². The summed E-state index contributed by atoms with van der Waals surface area (Å²) in [5, 5.41) is 42.9. The first kappa shape index (κ1) is 16.7. The Balaban J connectivity index is 1.99. The zero-order valence-electron chi connectivity index (χ0n) is 13.8. The van der Waals surface area contributed by atoms with Crippen LogP contribution in [0.3, 0.4) is 0 Å². The van der Waals surface area contributed by atoms with Crippen LogP contribution < -0.4 is 0 Å². The summed E-state index contributed by atoms with van der Waals surface area (Å²) in [5.74, 6) is 0.286. The highest BCUT2D eigenvalue weighted by molar-refractivity contribution is 5.23. The van der Waals surface area contributed by atoms with Gasteiger partial charge in [0.15, 0.2) is 0 Å². The predicted octanol–water partition coefficient (Wildman–Crippen LogP) is 0.496. The van der Waals surface area contributed by atoms with E-state index in [0.29, 0.717) is 6.42 Å². The minimum Gasteiger partial charge on any atom is -0.390 e. The third-order valence-electron chi connectivity index (χ3n) is 6.89. The van der Waals surface area contributed by atoms with E-state index in [1.54, 1.807) is 0 Å². The number of rotatable bonds is 3. The lowest BCUT2D eigenvalue weighted by Gasteiger charge is -2.55. The Morgan fingerprint density at radius 3 is 2.36 bits per heavy atom. The quantitative estimate of drug-likeness (QED) is 0.610. The van der Waals surface area contributed by atoms with Gasteiger partial charge in [0.1, 0.15) is 5.60 Å². The monoisotopic (exact) mass is 313 g/mol. The molecule has 5 nitrogen and oxygen atoms in total. The average Bonchev–Trinajstić information content (AvgIpc) is 2.63. The molecule has 3 rings (SSSR count). The molecule has 0 radical (unpaired) electrons. The fourth-order valence-corrected chi connectivity index (χ4v) is 5.72. The van der Waals surface area contributed by atoms with Crippen molar-refractivity contribution in [1.82, 2.24) is 4.90 Å². The fourth-order valence-electron chi connectivity index (χ4n) is 5.72. The van der Waals surface area contributed by atoms with Crippen molar-refractivity contribution in [2.45, 2.75) is 74.8 Å². The van der Waals surface area contributed by atoms with Crippen LogP contribution in [0.4, 0.5) is 0 Å². The molecule has 3 aliphatic carbocycles. The van der Waals surface area contributed by atoms with Gasteiger partial charge >= 0.3 is 0 Å². The second-order valence-corrected chi connectivity index (χ2v) is 8.29. The molecular weight excluding hydrogens is 282 g/mol. The summed E-state index contributed by atoms with van der Waals surface area (Å²) in [6, 6.07) is 0. The molecule has 3 saturated carbocycles. The highest BCUT2D eigenvalue weighted by atomic mass is 16.4. The number of hydrogen-bond donors (Lipinski definition) is 4. The highest BCUT2D eigenvalue weighted by Gasteiger charge is 2.72. The Kier molecular flexibility index (Phi) is 4.10. The Bertz CT molecular complexity index is 431. The fraction of sp³-hybridized carbons (Fsp3) is 1.00. The summed E-state index contributed by atoms with van der Waals surface area (Å²) in [5.41, 5.74) is -2.86. The summed E-state index contributed by atoms with van der Waals surface area (Å²) >= 11 is 0. The highest BCUT2D eigenvalue weighted by Crippen LogP contribution is 2.67. The van der Waals surface area contributed by atoms with E-state index in [9.17, 15) is 20.4 Å². The van der Waals surface area contributed by atoms with Crippen LogP contribution in [0, 0.1) is 11.3 Å². The molecule has 0 spiro atoms. The van der Waals surface area contributed by atoms with E-state index in [1.165, 1.54) is 0 Å². The van der Waals surface area contributed by atoms with Crippen molar-refractivity contribution in [2.24, 2.45) is 11.3 Å². The average molecular weight is 313 g/mol. The molecule has 0 aromatic carbocycles. The lowest BCUT2D eigenvalue weighted by atomic mass is 9.55. The zero-order valence-corrected chi connectivity index (χ0v) is 13.8. The lowest BCUT2D eigenvalue weighted by Crippen LogP contribution is -2.66. The van der Waals surface area contributed by atoms with Gasteiger partial charge in [-0.3, -0.25) is 0 Å². The maximum Gasteiger partial charge on any atom is 0.102 e. The number of fused-ring (bicyclic) bond motifs is 3. The van der Waals surface area contributed by atoms with Crippen molar-refractivity contribution in [1.29, 1.82) is 0 Å². The Morgan fingerprint density at radius 1 is 1.00 bits per heavy atom. The Morgan fingerprint density at radius 2 is 1.68 bits per heavy atom. The molecule has 5 heteroatoms. The van der Waals surface area contributed by atoms with Gasteiger partial charge in [0.25, 0.3) is 0 Å². The molecule has 128 valence electrons. The van der Waals surface area contributed by atoms with Gasteiger partial charge < -0.3 is 25.3 Å². The van der Waals surface area contributed by atoms with Crippen LogP contribution in [-0.2, 0) is 0 Å². The molecule has 4 N–H and O–H groups in total. The first-order valence-electron chi connectivity index (χ1n) is 8.70. The van der Waals surface area contributed by atoms with E-state index in [4.69, 9.17) is 0 Å². The van der Waals surface area contributed by atoms with Gasteiger partial charge in [-0.25, -0.2) is 0 Å². The molecule has 3 aliphatic rings. The molecule has 22 heavy (non-hydrogen) atoms. The molecule has 0 aliphatic heterocycles. The standard InChI is InChI=1S/C17H31NO4/c1-18(2)8-7-15-6-4-3-5-12(15)9-16(21)10-13(19)14(20)11-17(15,16)22/h12-14,19-22H,3-11H2,1-2H3. The van der Waals surface area contributed by atoms with Crippen LogP contribution in [0.5, 0.6) is 0 Å². The molecule has 6 unspecified atom stereocenters. The van der Waals surface area contributed by atoms with Crippen LogP contribution in [0.1, 0.15) is 51.4 Å². The van der Waals surface area contributed by atoms with E-state index in [0.717, 1.165) is 38.6 Å². The largest absolute Gasteiger partial charge is 0.390 e. The first-order chi connectivity index (χ1) is 10.2. The topological polar surface area (TPSA) is 84.2 Å².